The van der Waals surface area contributed by atoms with E-state index in [-0.39, 0.29) is 5.56 Å². The number of thiazole rings is 1. The minimum Gasteiger partial charge on any atom is -0.361 e. The Bertz CT molecular complexity index is 538. The van der Waals surface area contributed by atoms with Crippen molar-refractivity contribution in [2.75, 3.05) is 11.9 Å². The molecule has 0 radical (unpaired) electrons. The molecule has 2 rings (SSSR count). The molecule has 2 aromatic rings. The summed E-state index contributed by atoms with van der Waals surface area (Å²) in [7, 11) is 0. The number of nitrogens with zero attached hydrogens (tertiary/aromatic N) is 1. The van der Waals surface area contributed by atoms with Crippen LogP contribution in [0.3, 0.4) is 0 Å². The van der Waals surface area contributed by atoms with E-state index in [1.54, 1.807) is 12.3 Å². The summed E-state index contributed by atoms with van der Waals surface area (Å²) >= 11 is 1.48. The summed E-state index contributed by atoms with van der Waals surface area (Å²) < 4.78 is 25.3. The van der Waals surface area contributed by atoms with E-state index < -0.39 is 6.43 Å². The monoisotopic (exact) mass is 282 g/mol. The maximum atomic E-state index is 12.7. The van der Waals surface area contributed by atoms with E-state index in [4.69, 9.17) is 0 Å². The summed E-state index contributed by atoms with van der Waals surface area (Å²) in [5.41, 5.74) is 0.829. The van der Waals surface area contributed by atoms with Gasteiger partial charge >= 0.3 is 0 Å². The highest BCUT2D eigenvalue weighted by Crippen LogP contribution is 2.31. The first-order chi connectivity index (χ1) is 9.06. The Kier molecular flexibility index (Phi) is 4.47. The Morgan fingerprint density at radius 2 is 2.11 bits per heavy atom. The number of nitrogens with one attached hydrogen (secondary N) is 1. The number of halogens is 2. The number of benzene rings is 1. The molecule has 0 aliphatic heterocycles. The second-order valence-corrected chi connectivity index (χ2v) is 5.76. The van der Waals surface area contributed by atoms with E-state index >= 15 is 0 Å². The molecule has 0 saturated heterocycles. The fourth-order valence-corrected chi connectivity index (χ4v) is 2.43. The molecule has 1 N–H and O–H groups in total. The number of aromatic nitrogens is 1. The predicted molar refractivity (Wildman–Crippen MR) is 75.8 cm³/mol. The van der Waals surface area contributed by atoms with Gasteiger partial charge in [0.05, 0.1) is 4.88 Å². The molecule has 1 aromatic carbocycles. The number of hydrogen-bond acceptors (Lipinski definition) is 3. The molecule has 0 unspecified atom stereocenters. The van der Waals surface area contributed by atoms with Crippen LogP contribution in [0.5, 0.6) is 0 Å². The lowest BCUT2D eigenvalue weighted by molar-refractivity contribution is 0.151. The van der Waals surface area contributed by atoms with Gasteiger partial charge in [0.15, 0.2) is 5.13 Å². The topological polar surface area (TPSA) is 24.9 Å². The molecule has 0 aliphatic rings. The van der Waals surface area contributed by atoms with Gasteiger partial charge in [-0.2, -0.15) is 0 Å². The summed E-state index contributed by atoms with van der Waals surface area (Å²) in [6.45, 7) is 5.09. The highest BCUT2D eigenvalue weighted by molar-refractivity contribution is 7.18. The maximum Gasteiger partial charge on any atom is 0.263 e. The fraction of sp³-hybridized carbons (Fsp3) is 0.357. The zero-order chi connectivity index (χ0) is 13.8. The molecule has 0 spiro atoms. The summed E-state index contributed by atoms with van der Waals surface area (Å²) in [6, 6.07) is 6.43. The highest BCUT2D eigenvalue weighted by atomic mass is 32.1. The molecule has 5 heteroatoms. The Morgan fingerprint density at radius 3 is 2.79 bits per heavy atom. The lowest BCUT2D eigenvalue weighted by Gasteiger charge is -2.04. The lowest BCUT2D eigenvalue weighted by atomic mass is 10.1. The van der Waals surface area contributed by atoms with E-state index in [1.807, 2.05) is 6.07 Å². The standard InChI is InChI=1S/C14H16F2N2S/c1-9(2)7-17-14-18-8-12(19-14)10-4-3-5-11(6-10)13(15)16/h3-6,8-9,13H,7H2,1-2H3,(H,17,18). The summed E-state index contributed by atoms with van der Waals surface area (Å²) in [5, 5.41) is 4.06. The molecule has 1 aromatic heterocycles. The number of hydrogen-bond donors (Lipinski definition) is 1. The third-order valence-corrected chi connectivity index (χ3v) is 3.59. The van der Waals surface area contributed by atoms with Gasteiger partial charge in [-0.05, 0) is 17.5 Å². The van der Waals surface area contributed by atoms with Crippen LogP contribution < -0.4 is 5.32 Å². The molecular formula is C14H16F2N2S. The fourth-order valence-electron chi connectivity index (χ4n) is 1.61. The smallest absolute Gasteiger partial charge is 0.263 e. The molecule has 19 heavy (non-hydrogen) atoms. The molecular weight excluding hydrogens is 266 g/mol. The van der Waals surface area contributed by atoms with Gasteiger partial charge in [-0.3, -0.25) is 0 Å². The van der Waals surface area contributed by atoms with Gasteiger partial charge in [-0.15, -0.1) is 0 Å². The predicted octanol–water partition coefficient (Wildman–Crippen LogP) is 4.82. The summed E-state index contributed by atoms with van der Waals surface area (Å²) in [4.78, 5) is 5.16. The average Bonchev–Trinajstić information content (AvgIpc) is 2.85. The first-order valence-electron chi connectivity index (χ1n) is 6.14. The zero-order valence-corrected chi connectivity index (χ0v) is 11.7. The Morgan fingerprint density at radius 1 is 1.32 bits per heavy atom. The van der Waals surface area contributed by atoms with Crippen LogP contribution in [0.15, 0.2) is 30.5 Å². The maximum absolute atomic E-state index is 12.7. The molecule has 0 fully saturated rings. The van der Waals surface area contributed by atoms with Gasteiger partial charge in [0.2, 0.25) is 0 Å². The van der Waals surface area contributed by atoms with Crippen LogP contribution in [-0.4, -0.2) is 11.5 Å². The van der Waals surface area contributed by atoms with E-state index in [0.29, 0.717) is 5.92 Å². The van der Waals surface area contributed by atoms with Crippen molar-refractivity contribution in [1.82, 2.24) is 4.98 Å². The molecule has 2 nitrogen and oxygen atoms in total. The molecule has 0 saturated carbocycles. The largest absolute Gasteiger partial charge is 0.361 e. The normalized spacial score (nSPS) is 11.3. The Hall–Kier alpha value is -1.49. The second kappa shape index (κ2) is 6.10. The van der Waals surface area contributed by atoms with E-state index in [2.05, 4.69) is 24.1 Å². The van der Waals surface area contributed by atoms with Crippen molar-refractivity contribution in [3.8, 4) is 10.4 Å². The van der Waals surface area contributed by atoms with Crippen LogP contribution in [0, 0.1) is 5.92 Å². The SMILES string of the molecule is CC(C)CNc1ncc(-c2cccc(C(F)F)c2)s1. The van der Waals surface area contributed by atoms with Crippen molar-refractivity contribution < 1.29 is 8.78 Å². The second-order valence-electron chi connectivity index (χ2n) is 4.73. The zero-order valence-electron chi connectivity index (χ0n) is 10.9. The van der Waals surface area contributed by atoms with Crippen LogP contribution in [0.1, 0.15) is 25.8 Å². The van der Waals surface area contributed by atoms with Crippen LogP contribution >= 0.6 is 11.3 Å². The van der Waals surface area contributed by atoms with Crippen molar-refractivity contribution in [3.63, 3.8) is 0 Å². The van der Waals surface area contributed by atoms with Gasteiger partial charge in [0, 0.05) is 18.3 Å². The van der Waals surface area contributed by atoms with Crippen LogP contribution in [-0.2, 0) is 0 Å². The van der Waals surface area contributed by atoms with Crippen molar-refractivity contribution in [2.45, 2.75) is 20.3 Å². The number of anilines is 1. The van der Waals surface area contributed by atoms with E-state index in [9.17, 15) is 8.78 Å². The summed E-state index contributed by atoms with van der Waals surface area (Å²) in [5.74, 6) is 0.537. The van der Waals surface area contributed by atoms with Crippen molar-refractivity contribution in [1.29, 1.82) is 0 Å². The quantitative estimate of drug-likeness (QED) is 0.850. The van der Waals surface area contributed by atoms with Crippen LogP contribution in [0.25, 0.3) is 10.4 Å². The van der Waals surface area contributed by atoms with Gasteiger partial charge in [-0.25, -0.2) is 13.8 Å². The van der Waals surface area contributed by atoms with Crippen molar-refractivity contribution in [2.24, 2.45) is 5.92 Å². The lowest BCUT2D eigenvalue weighted by Crippen LogP contribution is -2.07. The Labute approximate surface area is 115 Å². The van der Waals surface area contributed by atoms with Gasteiger partial charge in [0.25, 0.3) is 6.43 Å². The molecule has 102 valence electrons. The molecule has 0 amide bonds. The minimum absolute atomic E-state index is 0.0441. The van der Waals surface area contributed by atoms with Crippen LogP contribution in [0.4, 0.5) is 13.9 Å². The van der Waals surface area contributed by atoms with Crippen molar-refractivity contribution in [3.05, 3.63) is 36.0 Å². The van der Waals surface area contributed by atoms with Crippen LogP contribution in [0.2, 0.25) is 0 Å². The first kappa shape index (κ1) is 13.9. The van der Waals surface area contributed by atoms with Gasteiger partial charge in [-0.1, -0.05) is 43.4 Å². The van der Waals surface area contributed by atoms with Gasteiger partial charge in [0.1, 0.15) is 0 Å². The Balaban J connectivity index is 2.16. The van der Waals surface area contributed by atoms with Gasteiger partial charge < -0.3 is 5.32 Å². The van der Waals surface area contributed by atoms with Crippen molar-refractivity contribution >= 4 is 16.5 Å². The summed E-state index contributed by atoms with van der Waals surface area (Å²) in [6.07, 6.45) is -0.718. The molecule has 1 heterocycles. The van der Waals surface area contributed by atoms with E-state index in [0.717, 1.165) is 22.1 Å². The average molecular weight is 282 g/mol. The third-order valence-electron chi connectivity index (χ3n) is 2.59. The molecule has 0 aliphatic carbocycles. The molecule has 0 atom stereocenters. The number of rotatable bonds is 5. The van der Waals surface area contributed by atoms with E-state index in [1.165, 1.54) is 23.5 Å². The third kappa shape index (κ3) is 3.73. The molecule has 0 bridgehead atoms. The number of alkyl halides is 2. The highest BCUT2D eigenvalue weighted by Gasteiger charge is 2.10. The first-order valence-corrected chi connectivity index (χ1v) is 6.96. The minimum atomic E-state index is -2.44.